The zero-order valence-electron chi connectivity index (χ0n) is 16.0. The van der Waals surface area contributed by atoms with Gasteiger partial charge in [0.05, 0.1) is 6.61 Å². The Hall–Kier alpha value is -1.81. The van der Waals surface area contributed by atoms with Gasteiger partial charge in [0, 0.05) is 29.6 Å². The molecule has 0 bridgehead atoms. The third-order valence-corrected chi connectivity index (χ3v) is 5.96. The van der Waals surface area contributed by atoms with Gasteiger partial charge in [-0.25, -0.2) is 4.79 Å². The number of benzene rings is 1. The van der Waals surface area contributed by atoms with Crippen molar-refractivity contribution in [2.24, 2.45) is 5.92 Å². The molecule has 1 unspecified atom stereocenters. The summed E-state index contributed by atoms with van der Waals surface area (Å²) in [4.78, 5) is 26.4. The van der Waals surface area contributed by atoms with E-state index in [1.807, 2.05) is 18.2 Å². The number of hydrogen-bond donors (Lipinski definition) is 0. The summed E-state index contributed by atoms with van der Waals surface area (Å²) >= 11 is 6.44. The van der Waals surface area contributed by atoms with Crippen LogP contribution in [0.5, 0.6) is 0 Å². The Labute approximate surface area is 166 Å². The smallest absolute Gasteiger partial charge is 0.330 e. The van der Waals surface area contributed by atoms with E-state index in [-0.39, 0.29) is 11.9 Å². The minimum absolute atomic E-state index is 0.0327. The van der Waals surface area contributed by atoms with E-state index in [4.69, 9.17) is 16.3 Å². The predicted molar refractivity (Wildman–Crippen MR) is 108 cm³/mol. The van der Waals surface area contributed by atoms with Crippen molar-refractivity contribution in [3.05, 3.63) is 40.4 Å². The van der Waals surface area contributed by atoms with E-state index in [1.54, 1.807) is 13.0 Å². The summed E-state index contributed by atoms with van der Waals surface area (Å²) in [7, 11) is 0. The molecule has 2 aliphatic rings. The molecule has 1 aliphatic carbocycles. The van der Waals surface area contributed by atoms with Crippen LogP contribution in [0.2, 0.25) is 5.02 Å². The summed E-state index contributed by atoms with van der Waals surface area (Å²) in [5.41, 5.74) is 1.84. The van der Waals surface area contributed by atoms with Crippen LogP contribution in [0.25, 0.3) is 6.08 Å². The van der Waals surface area contributed by atoms with E-state index in [0.29, 0.717) is 30.0 Å². The largest absolute Gasteiger partial charge is 0.463 e. The Bertz CT molecular complexity index is 710. The number of rotatable bonds is 6. The highest BCUT2D eigenvalue weighted by atomic mass is 35.5. The molecule has 3 rings (SSSR count). The second-order valence-electron chi connectivity index (χ2n) is 7.45. The molecule has 0 aromatic heterocycles. The van der Waals surface area contributed by atoms with Gasteiger partial charge < -0.3 is 9.64 Å². The maximum absolute atomic E-state index is 12.8. The Morgan fingerprint density at radius 2 is 2.04 bits per heavy atom. The highest BCUT2D eigenvalue weighted by molar-refractivity contribution is 6.31. The first-order chi connectivity index (χ1) is 13.1. The van der Waals surface area contributed by atoms with Crippen molar-refractivity contribution in [2.75, 3.05) is 13.2 Å². The second-order valence-corrected chi connectivity index (χ2v) is 7.86. The Morgan fingerprint density at radius 1 is 1.26 bits per heavy atom. The lowest BCUT2D eigenvalue weighted by Gasteiger charge is -2.31. The molecule has 4 nitrogen and oxygen atoms in total. The van der Waals surface area contributed by atoms with E-state index in [1.165, 1.54) is 25.3 Å². The zero-order valence-corrected chi connectivity index (χ0v) is 16.7. The number of carbonyl (C=O) groups is 2. The first kappa shape index (κ1) is 19.9. The van der Waals surface area contributed by atoms with Gasteiger partial charge in [0.15, 0.2) is 0 Å². The van der Waals surface area contributed by atoms with Gasteiger partial charge in [-0.2, -0.15) is 0 Å². The van der Waals surface area contributed by atoms with Crippen molar-refractivity contribution in [2.45, 2.75) is 57.9 Å². The normalized spacial score (nSPS) is 21.2. The number of carbonyl (C=O) groups excluding carboxylic acids is 2. The van der Waals surface area contributed by atoms with Crippen molar-refractivity contribution in [1.29, 1.82) is 0 Å². The number of esters is 1. The summed E-state index contributed by atoms with van der Waals surface area (Å²) < 4.78 is 4.88. The predicted octanol–water partition coefficient (Wildman–Crippen LogP) is 4.64. The molecular formula is C22H28ClNO3. The van der Waals surface area contributed by atoms with Gasteiger partial charge in [-0.1, -0.05) is 43.0 Å². The minimum atomic E-state index is -0.364. The highest BCUT2D eigenvalue weighted by Gasteiger charge is 2.36. The van der Waals surface area contributed by atoms with Gasteiger partial charge in [-0.3, -0.25) is 4.79 Å². The molecule has 1 atom stereocenters. The van der Waals surface area contributed by atoms with Gasteiger partial charge in [0.1, 0.15) is 0 Å². The Morgan fingerprint density at radius 3 is 2.74 bits per heavy atom. The van der Waals surface area contributed by atoms with Gasteiger partial charge in [0.2, 0.25) is 5.91 Å². The van der Waals surface area contributed by atoms with Gasteiger partial charge in [0.25, 0.3) is 0 Å². The van der Waals surface area contributed by atoms with Crippen molar-refractivity contribution in [1.82, 2.24) is 4.90 Å². The van der Waals surface area contributed by atoms with Crippen LogP contribution in [0, 0.1) is 5.92 Å². The molecular weight excluding hydrogens is 362 g/mol. The average Bonchev–Trinajstić information content (AvgIpc) is 3.03. The van der Waals surface area contributed by atoms with Crippen LogP contribution >= 0.6 is 11.6 Å². The fourth-order valence-electron chi connectivity index (χ4n) is 4.16. The van der Waals surface area contributed by atoms with Crippen molar-refractivity contribution < 1.29 is 14.3 Å². The summed E-state index contributed by atoms with van der Waals surface area (Å²) in [5, 5.41) is 0.643. The van der Waals surface area contributed by atoms with Crippen molar-refractivity contribution >= 4 is 29.6 Å². The average molecular weight is 390 g/mol. The molecule has 1 amide bonds. The lowest BCUT2D eigenvalue weighted by Crippen LogP contribution is -2.39. The molecule has 2 fully saturated rings. The zero-order chi connectivity index (χ0) is 19.2. The minimum Gasteiger partial charge on any atom is -0.463 e. The lowest BCUT2D eigenvalue weighted by atomic mass is 9.94. The Balaban J connectivity index is 1.60. The molecule has 0 N–H and O–H groups in total. The van der Waals surface area contributed by atoms with Gasteiger partial charge in [-0.15, -0.1) is 0 Å². The maximum atomic E-state index is 12.8. The monoisotopic (exact) mass is 389 g/mol. The lowest BCUT2D eigenvalue weighted by molar-refractivity contribution is -0.137. The van der Waals surface area contributed by atoms with Crippen LogP contribution < -0.4 is 0 Å². The highest BCUT2D eigenvalue weighted by Crippen LogP contribution is 2.31. The van der Waals surface area contributed by atoms with E-state index in [2.05, 4.69) is 4.90 Å². The number of nitrogens with zero attached hydrogens (tertiary/aromatic N) is 1. The molecule has 0 spiro atoms. The fourth-order valence-corrected chi connectivity index (χ4v) is 4.43. The molecule has 146 valence electrons. The number of ether oxygens (including phenoxy) is 1. The summed E-state index contributed by atoms with van der Waals surface area (Å²) in [6.45, 7) is 3.01. The standard InChI is InChI=1S/C22H28ClNO3/c1-2-27-21(25)11-9-16-8-10-17(20(23)14-16)15-18-12-13-24(22(18)26)19-6-4-3-5-7-19/h8-11,14,18-19H,2-7,12-13,15H2,1H3/b11-9+. The van der Waals surface area contributed by atoms with Gasteiger partial charge >= 0.3 is 5.97 Å². The third kappa shape index (κ3) is 5.13. The van der Waals surface area contributed by atoms with E-state index < -0.39 is 0 Å². The number of likely N-dealkylation sites (tertiary alicyclic amines) is 1. The molecule has 1 aromatic carbocycles. The number of amides is 1. The third-order valence-electron chi connectivity index (χ3n) is 5.61. The van der Waals surface area contributed by atoms with Crippen LogP contribution in [0.1, 0.15) is 56.6 Å². The van der Waals surface area contributed by atoms with Crippen LogP contribution in [0.4, 0.5) is 0 Å². The molecule has 1 aromatic rings. The molecule has 0 radical (unpaired) electrons. The molecule has 1 saturated heterocycles. The summed E-state index contributed by atoms with van der Waals surface area (Å²) in [6, 6.07) is 6.17. The Kier molecular flexibility index (Phi) is 6.95. The fraction of sp³-hybridized carbons (Fsp3) is 0.545. The van der Waals surface area contributed by atoms with Crippen molar-refractivity contribution in [3.8, 4) is 0 Å². The first-order valence-electron chi connectivity index (χ1n) is 10.0. The van der Waals surface area contributed by atoms with E-state index in [9.17, 15) is 9.59 Å². The van der Waals surface area contributed by atoms with Gasteiger partial charge in [-0.05, 0) is 55.9 Å². The molecule has 1 heterocycles. The van der Waals surface area contributed by atoms with Crippen LogP contribution in [0.15, 0.2) is 24.3 Å². The molecule has 1 aliphatic heterocycles. The second kappa shape index (κ2) is 9.41. The molecule has 5 heteroatoms. The quantitative estimate of drug-likeness (QED) is 0.526. The maximum Gasteiger partial charge on any atom is 0.330 e. The van der Waals surface area contributed by atoms with Crippen LogP contribution in [0.3, 0.4) is 0 Å². The van der Waals surface area contributed by atoms with E-state index in [0.717, 1.165) is 36.9 Å². The number of hydrogen-bond acceptors (Lipinski definition) is 3. The summed E-state index contributed by atoms with van der Waals surface area (Å²) in [5.74, 6) is -0.0355. The van der Waals surface area contributed by atoms with Crippen LogP contribution in [-0.4, -0.2) is 36.0 Å². The van der Waals surface area contributed by atoms with Crippen LogP contribution in [-0.2, 0) is 20.7 Å². The topological polar surface area (TPSA) is 46.6 Å². The molecule has 27 heavy (non-hydrogen) atoms. The molecule has 1 saturated carbocycles. The summed E-state index contributed by atoms with van der Waals surface area (Å²) in [6.07, 6.45) is 10.8. The first-order valence-corrected chi connectivity index (χ1v) is 10.4. The van der Waals surface area contributed by atoms with E-state index >= 15 is 0 Å². The van der Waals surface area contributed by atoms with Crippen molar-refractivity contribution in [3.63, 3.8) is 0 Å². The SMILES string of the molecule is CCOC(=O)/C=C/c1ccc(CC2CCN(C3CCCCC3)C2=O)c(Cl)c1. The number of halogens is 1.